The Labute approximate surface area is 153 Å². The first-order chi connectivity index (χ1) is 12.4. The van der Waals surface area contributed by atoms with Crippen LogP contribution in [-0.2, 0) is 11.3 Å². The van der Waals surface area contributed by atoms with Crippen molar-refractivity contribution in [1.82, 2.24) is 19.4 Å². The predicted octanol–water partition coefficient (Wildman–Crippen LogP) is 1.42. The molecule has 3 rings (SSSR count). The number of aromatic nitrogens is 3. The maximum Gasteiger partial charge on any atom is 0.250 e. The minimum absolute atomic E-state index is 0.0281. The monoisotopic (exact) mass is 355 g/mol. The van der Waals surface area contributed by atoms with E-state index in [1.165, 1.54) is 10.6 Å². The highest BCUT2D eigenvalue weighted by molar-refractivity contribution is 5.76. The molecule has 7 heteroatoms. The van der Waals surface area contributed by atoms with E-state index in [9.17, 15) is 9.59 Å². The third-order valence-electron chi connectivity index (χ3n) is 4.54. The molecule has 0 saturated carbocycles. The van der Waals surface area contributed by atoms with Crippen LogP contribution < -0.4 is 10.5 Å². The molecule has 0 aromatic carbocycles. The molecular weight excluding hydrogens is 330 g/mol. The van der Waals surface area contributed by atoms with Crippen molar-refractivity contribution >= 4 is 11.7 Å². The maximum atomic E-state index is 12.5. The number of nitrogens with zero attached hydrogens (tertiary/aromatic N) is 5. The number of carbonyl (C=O) groups is 1. The summed E-state index contributed by atoms with van der Waals surface area (Å²) in [4.78, 5) is 37.4. The van der Waals surface area contributed by atoms with Crippen molar-refractivity contribution in [3.63, 3.8) is 0 Å². The van der Waals surface area contributed by atoms with Crippen molar-refractivity contribution in [3.05, 3.63) is 52.3 Å². The summed E-state index contributed by atoms with van der Waals surface area (Å²) in [5, 5.41) is 0. The van der Waals surface area contributed by atoms with Gasteiger partial charge < -0.3 is 14.4 Å². The van der Waals surface area contributed by atoms with Crippen LogP contribution in [0.5, 0.6) is 0 Å². The lowest BCUT2D eigenvalue weighted by molar-refractivity contribution is -0.132. The normalized spacial score (nSPS) is 14.8. The molecule has 1 saturated heterocycles. The van der Waals surface area contributed by atoms with Crippen molar-refractivity contribution in [1.29, 1.82) is 0 Å². The standard InChI is InChI=1S/C19H25N5O2/c1-14(2)19-20-15(3)12-16(21-19)22-8-10-23(11-9-22)18(26)13-24-7-5-4-6-17(24)25/h4-7,12,14H,8-11,13H2,1-3H3. The van der Waals surface area contributed by atoms with E-state index < -0.39 is 0 Å². The third kappa shape index (κ3) is 4.09. The third-order valence-corrected chi connectivity index (χ3v) is 4.54. The van der Waals surface area contributed by atoms with Crippen LogP contribution in [0.4, 0.5) is 5.82 Å². The molecule has 2 aromatic rings. The Hall–Kier alpha value is -2.70. The first kappa shape index (κ1) is 18.1. The van der Waals surface area contributed by atoms with Gasteiger partial charge in [0.1, 0.15) is 18.2 Å². The largest absolute Gasteiger partial charge is 0.353 e. The average Bonchev–Trinajstić information content (AvgIpc) is 2.63. The van der Waals surface area contributed by atoms with Crippen LogP contribution in [0.3, 0.4) is 0 Å². The van der Waals surface area contributed by atoms with Crippen molar-refractivity contribution in [2.45, 2.75) is 33.2 Å². The predicted molar refractivity (Wildman–Crippen MR) is 100 cm³/mol. The molecule has 1 aliphatic rings. The van der Waals surface area contributed by atoms with E-state index in [0.29, 0.717) is 13.1 Å². The molecule has 138 valence electrons. The van der Waals surface area contributed by atoms with Gasteiger partial charge in [0.05, 0.1) is 0 Å². The number of anilines is 1. The van der Waals surface area contributed by atoms with E-state index >= 15 is 0 Å². The van der Waals surface area contributed by atoms with Crippen LogP contribution in [0.1, 0.15) is 31.3 Å². The fourth-order valence-corrected chi connectivity index (χ4v) is 3.02. The molecule has 0 unspecified atom stereocenters. The van der Waals surface area contributed by atoms with Crippen molar-refractivity contribution in [2.24, 2.45) is 0 Å². The quantitative estimate of drug-likeness (QED) is 0.829. The summed E-state index contributed by atoms with van der Waals surface area (Å²) >= 11 is 0. The van der Waals surface area contributed by atoms with Crippen molar-refractivity contribution in [3.8, 4) is 0 Å². The Morgan fingerprint density at radius 2 is 1.88 bits per heavy atom. The number of pyridine rings is 1. The first-order valence-electron chi connectivity index (χ1n) is 8.98. The summed E-state index contributed by atoms with van der Waals surface area (Å²) in [6, 6.07) is 6.90. The van der Waals surface area contributed by atoms with E-state index in [0.717, 1.165) is 30.4 Å². The van der Waals surface area contributed by atoms with Crippen LogP contribution in [-0.4, -0.2) is 51.5 Å². The molecular formula is C19H25N5O2. The zero-order valence-corrected chi connectivity index (χ0v) is 15.6. The SMILES string of the molecule is Cc1cc(N2CCN(C(=O)Cn3ccccc3=O)CC2)nc(C(C)C)n1. The number of hydrogen-bond donors (Lipinski definition) is 0. The minimum Gasteiger partial charge on any atom is -0.353 e. The van der Waals surface area contributed by atoms with Crippen molar-refractivity contribution in [2.75, 3.05) is 31.1 Å². The van der Waals surface area contributed by atoms with Gasteiger partial charge in [0.15, 0.2) is 0 Å². The van der Waals surface area contributed by atoms with E-state index in [1.54, 1.807) is 18.3 Å². The maximum absolute atomic E-state index is 12.5. The Balaban J connectivity index is 1.63. The molecule has 1 aliphatic heterocycles. The molecule has 2 aromatic heterocycles. The van der Waals surface area contributed by atoms with Crippen LogP contribution >= 0.6 is 0 Å². The Bertz CT molecular complexity index is 838. The summed E-state index contributed by atoms with van der Waals surface area (Å²) in [5.41, 5.74) is 0.804. The Kier molecular flexibility index (Phi) is 5.35. The van der Waals surface area contributed by atoms with Crippen LogP contribution in [0.15, 0.2) is 35.3 Å². The van der Waals surface area contributed by atoms with E-state index in [4.69, 9.17) is 0 Å². The second kappa shape index (κ2) is 7.68. The van der Waals surface area contributed by atoms with Crippen molar-refractivity contribution < 1.29 is 4.79 Å². The molecule has 0 atom stereocenters. The van der Waals surface area contributed by atoms with Gasteiger partial charge in [-0.3, -0.25) is 9.59 Å². The molecule has 26 heavy (non-hydrogen) atoms. The number of carbonyl (C=O) groups excluding carboxylic acids is 1. The molecule has 3 heterocycles. The molecule has 1 amide bonds. The van der Waals surface area contributed by atoms with Gasteiger partial charge in [-0.2, -0.15) is 0 Å². The number of amides is 1. The molecule has 1 fully saturated rings. The molecule has 0 bridgehead atoms. The summed E-state index contributed by atoms with van der Waals surface area (Å²) in [6.45, 7) is 8.94. The molecule has 0 spiro atoms. The fraction of sp³-hybridized carbons (Fsp3) is 0.474. The van der Waals surface area contributed by atoms with Gasteiger partial charge in [0.25, 0.3) is 5.56 Å². The number of aryl methyl sites for hydroxylation is 1. The number of piperazine rings is 1. The van der Waals surface area contributed by atoms with E-state index in [-0.39, 0.29) is 23.9 Å². The fourth-order valence-electron chi connectivity index (χ4n) is 3.02. The first-order valence-corrected chi connectivity index (χ1v) is 8.98. The van der Waals surface area contributed by atoms with E-state index in [2.05, 4.69) is 28.7 Å². The number of hydrogen-bond acceptors (Lipinski definition) is 5. The topological polar surface area (TPSA) is 71.3 Å². The van der Waals surface area contributed by atoms with Gasteiger partial charge in [-0.15, -0.1) is 0 Å². The lowest BCUT2D eigenvalue weighted by Crippen LogP contribution is -2.50. The highest BCUT2D eigenvalue weighted by atomic mass is 16.2. The van der Waals surface area contributed by atoms with Gasteiger partial charge in [-0.1, -0.05) is 19.9 Å². The molecule has 0 N–H and O–H groups in total. The minimum atomic E-state index is -0.155. The zero-order valence-electron chi connectivity index (χ0n) is 15.6. The summed E-state index contributed by atoms with van der Waals surface area (Å²) in [5.74, 6) is 2.02. The zero-order chi connectivity index (χ0) is 18.7. The van der Waals surface area contributed by atoms with Gasteiger partial charge >= 0.3 is 0 Å². The summed E-state index contributed by atoms with van der Waals surface area (Å²) in [6.07, 6.45) is 1.65. The molecule has 0 aliphatic carbocycles. The molecule has 7 nitrogen and oxygen atoms in total. The average molecular weight is 355 g/mol. The van der Waals surface area contributed by atoms with Crippen LogP contribution in [0.2, 0.25) is 0 Å². The van der Waals surface area contributed by atoms with Gasteiger partial charge in [-0.25, -0.2) is 9.97 Å². The molecule has 0 radical (unpaired) electrons. The second-order valence-corrected chi connectivity index (χ2v) is 6.92. The van der Waals surface area contributed by atoms with E-state index in [1.807, 2.05) is 17.9 Å². The van der Waals surface area contributed by atoms with Gasteiger partial charge in [-0.05, 0) is 13.0 Å². The highest BCUT2D eigenvalue weighted by Crippen LogP contribution is 2.18. The lowest BCUT2D eigenvalue weighted by Gasteiger charge is -2.35. The summed E-state index contributed by atoms with van der Waals surface area (Å²) in [7, 11) is 0. The van der Waals surface area contributed by atoms with Crippen LogP contribution in [0, 0.1) is 6.92 Å². The Morgan fingerprint density at radius 3 is 2.54 bits per heavy atom. The number of rotatable bonds is 4. The van der Waals surface area contributed by atoms with Gasteiger partial charge in [0, 0.05) is 56.1 Å². The highest BCUT2D eigenvalue weighted by Gasteiger charge is 2.23. The lowest BCUT2D eigenvalue weighted by atomic mass is 10.2. The van der Waals surface area contributed by atoms with Crippen LogP contribution in [0.25, 0.3) is 0 Å². The Morgan fingerprint density at radius 1 is 1.15 bits per heavy atom. The van der Waals surface area contributed by atoms with Gasteiger partial charge in [0.2, 0.25) is 5.91 Å². The summed E-state index contributed by atoms with van der Waals surface area (Å²) < 4.78 is 1.44. The second-order valence-electron chi connectivity index (χ2n) is 6.92. The smallest absolute Gasteiger partial charge is 0.250 e.